The van der Waals surface area contributed by atoms with E-state index in [-0.39, 0.29) is 5.41 Å². The highest BCUT2D eigenvalue weighted by Crippen LogP contribution is 2.35. The molecular formula is C52H58O4. The lowest BCUT2D eigenvalue weighted by Gasteiger charge is -2.26. The van der Waals surface area contributed by atoms with Gasteiger partial charge in [-0.2, -0.15) is 0 Å². The van der Waals surface area contributed by atoms with Gasteiger partial charge in [-0.1, -0.05) is 136 Å². The summed E-state index contributed by atoms with van der Waals surface area (Å²) in [5.41, 5.74) is 12.4. The second-order valence-corrected chi connectivity index (χ2v) is 15.2. The molecule has 4 rings (SSSR count). The number of hydrogen-bond donors (Lipinski definition) is 0. The number of carbonyl (C=O) groups excluding carboxylic acids is 1. The molecule has 0 bridgehead atoms. The van der Waals surface area contributed by atoms with E-state index in [1.54, 1.807) is 0 Å². The first-order valence-electron chi connectivity index (χ1n) is 19.2. The van der Waals surface area contributed by atoms with Crippen LogP contribution in [-0.2, 0) is 21.3 Å². The molecule has 0 aromatic heterocycles. The standard InChI is InChI=1S/C52H58O4/c1-35(2)38(7)15-13-29-54-40(9)49-27-19-43(32-44(49)34-53)31-42-17-20-45(21-18-42)52(11,12)46-22-24-47(25-23-46)56-48-26-28-50(51(33-48)37(5)6)41(10)55-30-14-16-39(8)36(3)4/h17-28,32-34H,1,3,5,7-10,13-16,29-31H2,2,4,6,11-12H3. The Bertz CT molecular complexity index is 2120. The molecule has 290 valence electrons. The normalized spacial score (nSPS) is 10.9. The summed E-state index contributed by atoms with van der Waals surface area (Å²) in [4.78, 5) is 12.0. The Labute approximate surface area is 335 Å². The highest BCUT2D eigenvalue weighted by atomic mass is 16.5. The number of allylic oxidation sites excluding steroid dienone is 5. The molecule has 0 heterocycles. The summed E-state index contributed by atoms with van der Waals surface area (Å²) in [7, 11) is 0. The van der Waals surface area contributed by atoms with Crippen LogP contribution in [0.2, 0.25) is 0 Å². The smallest absolute Gasteiger partial charge is 0.150 e. The van der Waals surface area contributed by atoms with Crippen LogP contribution in [0.1, 0.15) is 110 Å². The van der Waals surface area contributed by atoms with E-state index in [4.69, 9.17) is 14.2 Å². The summed E-state index contributed by atoms with van der Waals surface area (Å²) in [5.74, 6) is 2.56. The van der Waals surface area contributed by atoms with Crippen molar-refractivity contribution in [2.45, 2.75) is 72.1 Å². The quantitative estimate of drug-likeness (QED) is 0.0348. The van der Waals surface area contributed by atoms with Crippen molar-refractivity contribution in [2.75, 3.05) is 13.2 Å². The number of aldehydes is 1. The predicted molar refractivity (Wildman–Crippen MR) is 237 cm³/mol. The van der Waals surface area contributed by atoms with Crippen molar-refractivity contribution in [1.29, 1.82) is 0 Å². The van der Waals surface area contributed by atoms with Crippen molar-refractivity contribution in [3.05, 3.63) is 198 Å². The molecule has 0 amide bonds. The van der Waals surface area contributed by atoms with Crippen molar-refractivity contribution in [3.8, 4) is 11.5 Å². The fourth-order valence-corrected chi connectivity index (χ4v) is 6.32. The van der Waals surface area contributed by atoms with Crippen molar-refractivity contribution < 1.29 is 19.0 Å². The Morgan fingerprint density at radius 1 is 0.589 bits per heavy atom. The fourth-order valence-electron chi connectivity index (χ4n) is 6.32. The maximum absolute atomic E-state index is 12.0. The molecule has 0 saturated heterocycles. The average Bonchev–Trinajstić information content (AvgIpc) is 3.18. The molecule has 0 aliphatic carbocycles. The molecule has 0 unspecified atom stereocenters. The fraction of sp³-hybridized carbons (Fsp3) is 0.250. The molecule has 0 aliphatic heterocycles. The molecule has 0 radical (unpaired) electrons. The summed E-state index contributed by atoms with van der Waals surface area (Å²) in [6.45, 7) is 39.8. The molecule has 4 aromatic carbocycles. The number of rotatable bonds is 22. The van der Waals surface area contributed by atoms with Gasteiger partial charge in [0.25, 0.3) is 0 Å². The van der Waals surface area contributed by atoms with Gasteiger partial charge in [0.05, 0.1) is 13.2 Å². The first-order valence-corrected chi connectivity index (χ1v) is 19.2. The Hall–Kier alpha value is -5.87. The van der Waals surface area contributed by atoms with E-state index in [0.717, 1.165) is 87.8 Å². The van der Waals surface area contributed by atoms with Crippen molar-refractivity contribution in [2.24, 2.45) is 0 Å². The minimum absolute atomic E-state index is 0.242. The van der Waals surface area contributed by atoms with E-state index in [2.05, 4.69) is 96.3 Å². The number of benzene rings is 4. The lowest BCUT2D eigenvalue weighted by molar-refractivity contribution is 0.112. The van der Waals surface area contributed by atoms with Crippen LogP contribution in [-0.4, -0.2) is 19.5 Å². The van der Waals surface area contributed by atoms with Crippen LogP contribution in [0.25, 0.3) is 17.1 Å². The Morgan fingerprint density at radius 3 is 1.59 bits per heavy atom. The van der Waals surface area contributed by atoms with E-state index < -0.39 is 0 Å². The van der Waals surface area contributed by atoms with E-state index >= 15 is 0 Å². The third kappa shape index (κ3) is 11.6. The first-order chi connectivity index (χ1) is 26.6. The zero-order valence-corrected chi connectivity index (χ0v) is 34.2. The number of ether oxygens (including phenoxy) is 3. The molecule has 0 saturated carbocycles. The Morgan fingerprint density at radius 2 is 1.07 bits per heavy atom. The highest BCUT2D eigenvalue weighted by Gasteiger charge is 2.23. The van der Waals surface area contributed by atoms with E-state index in [9.17, 15) is 4.79 Å². The van der Waals surface area contributed by atoms with Crippen LogP contribution in [0, 0.1) is 0 Å². The molecule has 0 N–H and O–H groups in total. The third-order valence-corrected chi connectivity index (χ3v) is 10.2. The zero-order chi connectivity index (χ0) is 41.0. The van der Waals surface area contributed by atoms with Gasteiger partial charge in [-0.05, 0) is 117 Å². The van der Waals surface area contributed by atoms with Crippen LogP contribution in [0.5, 0.6) is 11.5 Å². The Balaban J connectivity index is 1.36. The molecule has 0 fully saturated rings. The van der Waals surface area contributed by atoms with Gasteiger partial charge in [-0.25, -0.2) is 0 Å². The minimum atomic E-state index is -0.242. The lowest BCUT2D eigenvalue weighted by Crippen LogP contribution is -2.18. The first kappa shape index (κ1) is 42.9. The number of hydrogen-bond acceptors (Lipinski definition) is 4. The van der Waals surface area contributed by atoms with Crippen LogP contribution < -0.4 is 4.74 Å². The molecule has 0 spiro atoms. The zero-order valence-electron chi connectivity index (χ0n) is 34.2. The maximum atomic E-state index is 12.0. The van der Waals surface area contributed by atoms with Crippen molar-refractivity contribution in [3.63, 3.8) is 0 Å². The molecular weight excluding hydrogens is 689 g/mol. The Kier molecular flexibility index (Phi) is 15.0. The molecule has 56 heavy (non-hydrogen) atoms. The van der Waals surface area contributed by atoms with Gasteiger partial charge in [0.15, 0.2) is 6.29 Å². The third-order valence-electron chi connectivity index (χ3n) is 10.2. The minimum Gasteiger partial charge on any atom is -0.494 e. The second kappa shape index (κ2) is 19.6. The summed E-state index contributed by atoms with van der Waals surface area (Å²) >= 11 is 0. The van der Waals surface area contributed by atoms with Gasteiger partial charge in [-0.3, -0.25) is 4.79 Å². The van der Waals surface area contributed by atoms with Gasteiger partial charge in [-0.15, -0.1) is 0 Å². The van der Waals surface area contributed by atoms with Crippen molar-refractivity contribution >= 4 is 23.4 Å². The molecule has 0 atom stereocenters. The SMILES string of the molecule is C=C(C)C(=C)CCCOC(=C)c1ccc(Cc2ccc(C(C)(C)c3ccc(Oc4ccc(C(=C)OCCCC(=C)C(=C)C)c(C(=C)C)c4)cc3)cc2)cc1C=O. The van der Waals surface area contributed by atoms with Crippen LogP contribution in [0.4, 0.5) is 0 Å². The maximum Gasteiger partial charge on any atom is 0.150 e. The molecule has 4 aromatic rings. The topological polar surface area (TPSA) is 44.8 Å². The molecule has 0 aliphatic rings. The van der Waals surface area contributed by atoms with Gasteiger partial charge < -0.3 is 14.2 Å². The lowest BCUT2D eigenvalue weighted by atomic mass is 9.78. The molecule has 4 nitrogen and oxygen atoms in total. The summed E-state index contributed by atoms with van der Waals surface area (Å²) in [6.07, 6.45) is 4.88. The summed E-state index contributed by atoms with van der Waals surface area (Å²) < 4.78 is 18.2. The largest absolute Gasteiger partial charge is 0.494 e. The highest BCUT2D eigenvalue weighted by molar-refractivity contribution is 5.84. The average molecular weight is 747 g/mol. The van der Waals surface area contributed by atoms with E-state index in [1.165, 1.54) is 11.1 Å². The van der Waals surface area contributed by atoms with Gasteiger partial charge in [0.1, 0.15) is 23.0 Å². The molecule has 4 heteroatoms. The monoisotopic (exact) mass is 746 g/mol. The predicted octanol–water partition coefficient (Wildman–Crippen LogP) is 14.0. The second-order valence-electron chi connectivity index (χ2n) is 15.2. The van der Waals surface area contributed by atoms with Crippen LogP contribution >= 0.6 is 0 Å². The van der Waals surface area contributed by atoms with Gasteiger partial charge in [0.2, 0.25) is 0 Å². The number of carbonyl (C=O) groups is 1. The van der Waals surface area contributed by atoms with Gasteiger partial charge in [0, 0.05) is 22.1 Å². The van der Waals surface area contributed by atoms with Crippen LogP contribution in [0.3, 0.4) is 0 Å². The van der Waals surface area contributed by atoms with Crippen LogP contribution in [0.15, 0.2) is 153 Å². The van der Waals surface area contributed by atoms with E-state index in [1.807, 2.05) is 69.3 Å². The van der Waals surface area contributed by atoms with Gasteiger partial charge >= 0.3 is 0 Å². The summed E-state index contributed by atoms with van der Waals surface area (Å²) in [6, 6.07) is 28.7. The van der Waals surface area contributed by atoms with E-state index in [0.29, 0.717) is 48.0 Å². The summed E-state index contributed by atoms with van der Waals surface area (Å²) in [5, 5.41) is 0. The van der Waals surface area contributed by atoms with Crippen molar-refractivity contribution in [1.82, 2.24) is 0 Å².